The summed E-state index contributed by atoms with van der Waals surface area (Å²) in [6.07, 6.45) is 2.52. The second kappa shape index (κ2) is 3.93. The van der Waals surface area contributed by atoms with E-state index in [1.54, 1.807) is 19.1 Å². The van der Waals surface area contributed by atoms with Gasteiger partial charge in [-0.2, -0.15) is 0 Å². The van der Waals surface area contributed by atoms with E-state index >= 15 is 0 Å². The van der Waals surface area contributed by atoms with Crippen LogP contribution in [0.3, 0.4) is 0 Å². The standard InChI is InChI=1S/C13H12O3/c1-8(6-13(15)16)9-2-4-11-10(7-9)3-5-12(11)14/h2,4,6-7H,3,5H2,1H3,(H,15,16)/b8-6+. The molecule has 0 radical (unpaired) electrons. The molecule has 0 aliphatic heterocycles. The maximum absolute atomic E-state index is 11.4. The van der Waals surface area contributed by atoms with Gasteiger partial charge in [-0.3, -0.25) is 4.79 Å². The van der Waals surface area contributed by atoms with Crippen LogP contribution in [-0.2, 0) is 11.2 Å². The van der Waals surface area contributed by atoms with Gasteiger partial charge >= 0.3 is 5.97 Å². The number of fused-ring (bicyclic) bond motifs is 1. The summed E-state index contributed by atoms with van der Waals surface area (Å²) in [6, 6.07) is 5.50. The summed E-state index contributed by atoms with van der Waals surface area (Å²) in [5, 5.41) is 8.65. The van der Waals surface area contributed by atoms with Crippen molar-refractivity contribution < 1.29 is 14.7 Å². The van der Waals surface area contributed by atoms with Crippen molar-refractivity contribution in [3.8, 4) is 0 Å². The summed E-state index contributed by atoms with van der Waals surface area (Å²) in [6.45, 7) is 1.76. The zero-order valence-corrected chi connectivity index (χ0v) is 8.99. The van der Waals surface area contributed by atoms with Gasteiger partial charge in [0.25, 0.3) is 0 Å². The molecule has 3 heteroatoms. The number of carboxylic acid groups (broad SMARTS) is 1. The molecule has 0 atom stereocenters. The molecule has 0 bridgehead atoms. The van der Waals surface area contributed by atoms with Gasteiger partial charge in [-0.15, -0.1) is 0 Å². The molecule has 16 heavy (non-hydrogen) atoms. The monoisotopic (exact) mass is 216 g/mol. The predicted molar refractivity (Wildman–Crippen MR) is 60.4 cm³/mol. The van der Waals surface area contributed by atoms with Crippen LogP contribution in [0.1, 0.15) is 34.8 Å². The van der Waals surface area contributed by atoms with Crippen LogP contribution < -0.4 is 0 Å². The van der Waals surface area contributed by atoms with Gasteiger partial charge in [0, 0.05) is 18.1 Å². The van der Waals surface area contributed by atoms with Crippen molar-refractivity contribution in [2.24, 2.45) is 0 Å². The third-order valence-corrected chi connectivity index (χ3v) is 2.82. The number of carboxylic acids is 1. The minimum Gasteiger partial charge on any atom is -0.478 e. The van der Waals surface area contributed by atoms with Crippen LogP contribution in [0.2, 0.25) is 0 Å². The SMILES string of the molecule is C/C(=C\C(=O)O)c1ccc2c(c1)CCC2=O. The molecule has 1 aromatic carbocycles. The molecule has 0 heterocycles. The van der Waals surface area contributed by atoms with Gasteiger partial charge in [0.1, 0.15) is 0 Å². The van der Waals surface area contributed by atoms with E-state index in [9.17, 15) is 9.59 Å². The van der Waals surface area contributed by atoms with Gasteiger partial charge in [0.15, 0.2) is 5.78 Å². The van der Waals surface area contributed by atoms with E-state index in [0.29, 0.717) is 12.0 Å². The molecule has 0 unspecified atom stereocenters. The minimum atomic E-state index is -0.950. The Kier molecular flexibility index (Phi) is 2.60. The van der Waals surface area contributed by atoms with Gasteiger partial charge in [0.2, 0.25) is 0 Å². The maximum atomic E-state index is 11.4. The highest BCUT2D eigenvalue weighted by Gasteiger charge is 2.19. The molecule has 0 saturated carbocycles. The van der Waals surface area contributed by atoms with Gasteiger partial charge in [0.05, 0.1) is 0 Å². The number of aryl methyl sites for hydroxylation is 1. The zero-order valence-electron chi connectivity index (χ0n) is 8.99. The van der Waals surface area contributed by atoms with E-state index in [2.05, 4.69) is 0 Å². The first-order chi connectivity index (χ1) is 7.58. The lowest BCUT2D eigenvalue weighted by Crippen LogP contribution is -1.93. The fourth-order valence-electron chi connectivity index (χ4n) is 1.97. The van der Waals surface area contributed by atoms with E-state index in [4.69, 9.17) is 5.11 Å². The lowest BCUT2D eigenvalue weighted by atomic mass is 10.0. The maximum Gasteiger partial charge on any atom is 0.328 e. The second-order valence-electron chi connectivity index (χ2n) is 3.96. The Morgan fingerprint density at radius 3 is 2.81 bits per heavy atom. The topological polar surface area (TPSA) is 54.4 Å². The van der Waals surface area contributed by atoms with Gasteiger partial charge in [-0.05, 0) is 30.0 Å². The summed E-state index contributed by atoms with van der Waals surface area (Å²) in [7, 11) is 0. The lowest BCUT2D eigenvalue weighted by molar-refractivity contribution is -0.131. The normalized spacial score (nSPS) is 15.1. The zero-order chi connectivity index (χ0) is 11.7. The molecule has 1 N–H and O–H groups in total. The van der Waals surface area contributed by atoms with Crippen molar-refractivity contribution in [1.29, 1.82) is 0 Å². The molecule has 1 aliphatic carbocycles. The number of ketones is 1. The molecule has 2 rings (SSSR count). The predicted octanol–water partition coefficient (Wildman–Crippen LogP) is 2.30. The van der Waals surface area contributed by atoms with Gasteiger partial charge < -0.3 is 5.11 Å². The summed E-state index contributed by atoms with van der Waals surface area (Å²) >= 11 is 0. The molecular formula is C13H12O3. The molecule has 3 nitrogen and oxygen atoms in total. The first kappa shape index (κ1) is 10.6. The second-order valence-corrected chi connectivity index (χ2v) is 3.96. The molecule has 0 fully saturated rings. The van der Waals surface area contributed by atoms with Crippen molar-refractivity contribution in [2.45, 2.75) is 19.8 Å². The Hall–Kier alpha value is -1.90. The average molecular weight is 216 g/mol. The number of benzene rings is 1. The molecular weight excluding hydrogens is 204 g/mol. The molecule has 82 valence electrons. The van der Waals surface area contributed by atoms with Crippen LogP contribution in [0.4, 0.5) is 0 Å². The van der Waals surface area contributed by atoms with Gasteiger partial charge in [-0.1, -0.05) is 18.2 Å². The number of aliphatic carboxylic acids is 1. The Bertz CT molecular complexity index is 498. The van der Waals surface area contributed by atoms with Crippen molar-refractivity contribution >= 4 is 17.3 Å². The average Bonchev–Trinajstić information content (AvgIpc) is 2.59. The fourth-order valence-corrected chi connectivity index (χ4v) is 1.97. The highest BCUT2D eigenvalue weighted by atomic mass is 16.4. The summed E-state index contributed by atoms with van der Waals surface area (Å²) in [4.78, 5) is 22.0. The largest absolute Gasteiger partial charge is 0.478 e. The van der Waals surface area contributed by atoms with Crippen LogP contribution >= 0.6 is 0 Å². The van der Waals surface area contributed by atoms with E-state index in [1.807, 2.05) is 6.07 Å². The van der Waals surface area contributed by atoms with Crippen LogP contribution in [0.25, 0.3) is 5.57 Å². The number of carbonyl (C=O) groups is 2. The third-order valence-electron chi connectivity index (χ3n) is 2.82. The smallest absolute Gasteiger partial charge is 0.328 e. The fraction of sp³-hybridized carbons (Fsp3) is 0.231. The van der Waals surface area contributed by atoms with Crippen LogP contribution in [0.5, 0.6) is 0 Å². The summed E-state index contributed by atoms with van der Waals surface area (Å²) in [5.74, 6) is -0.768. The molecule has 0 aromatic heterocycles. The number of hydrogen-bond donors (Lipinski definition) is 1. The first-order valence-electron chi connectivity index (χ1n) is 5.15. The van der Waals surface area contributed by atoms with Crippen molar-refractivity contribution in [2.75, 3.05) is 0 Å². The van der Waals surface area contributed by atoms with Crippen molar-refractivity contribution in [3.05, 3.63) is 41.0 Å². The molecule has 1 aromatic rings. The first-order valence-corrected chi connectivity index (χ1v) is 5.15. The van der Waals surface area contributed by atoms with E-state index < -0.39 is 5.97 Å². The molecule has 0 spiro atoms. The molecule has 0 saturated heterocycles. The van der Waals surface area contributed by atoms with Crippen molar-refractivity contribution in [3.63, 3.8) is 0 Å². The quantitative estimate of drug-likeness (QED) is 0.772. The van der Waals surface area contributed by atoms with Crippen molar-refractivity contribution in [1.82, 2.24) is 0 Å². The highest BCUT2D eigenvalue weighted by molar-refractivity contribution is 6.01. The third kappa shape index (κ3) is 1.89. The lowest BCUT2D eigenvalue weighted by Gasteiger charge is -2.03. The number of rotatable bonds is 2. The summed E-state index contributed by atoms with van der Waals surface area (Å²) < 4.78 is 0. The number of Topliss-reactive ketones (excluding diaryl/α,β-unsaturated/α-hetero) is 1. The van der Waals surface area contributed by atoms with Crippen LogP contribution in [-0.4, -0.2) is 16.9 Å². The number of hydrogen-bond acceptors (Lipinski definition) is 2. The highest BCUT2D eigenvalue weighted by Crippen LogP contribution is 2.25. The van der Waals surface area contributed by atoms with E-state index in [0.717, 1.165) is 23.1 Å². The van der Waals surface area contributed by atoms with Crippen LogP contribution in [0, 0.1) is 0 Å². The number of carbonyl (C=O) groups excluding carboxylic acids is 1. The van der Waals surface area contributed by atoms with Gasteiger partial charge in [-0.25, -0.2) is 4.79 Å². The van der Waals surface area contributed by atoms with E-state index in [1.165, 1.54) is 6.08 Å². The Labute approximate surface area is 93.4 Å². The molecule has 0 amide bonds. The molecule has 1 aliphatic rings. The Balaban J connectivity index is 2.39. The van der Waals surface area contributed by atoms with E-state index in [-0.39, 0.29) is 5.78 Å². The number of allylic oxidation sites excluding steroid dienone is 1. The van der Waals surface area contributed by atoms with Crippen LogP contribution in [0.15, 0.2) is 24.3 Å². The Morgan fingerprint density at radius 2 is 2.12 bits per heavy atom. The summed E-state index contributed by atoms with van der Waals surface area (Å²) in [5.41, 5.74) is 3.39. The minimum absolute atomic E-state index is 0.182. The Morgan fingerprint density at radius 1 is 1.38 bits per heavy atom.